The second kappa shape index (κ2) is 7.56. The van der Waals surface area contributed by atoms with Gasteiger partial charge in [0, 0.05) is 17.0 Å². The van der Waals surface area contributed by atoms with Gasteiger partial charge in [0.2, 0.25) is 5.69 Å². The van der Waals surface area contributed by atoms with E-state index in [2.05, 4.69) is 100 Å². The second-order valence-electron chi connectivity index (χ2n) is 12.0. The Morgan fingerprint density at radius 3 is 2.36 bits per heavy atom. The lowest BCUT2D eigenvalue weighted by atomic mass is 9.78. The lowest BCUT2D eigenvalue weighted by Crippen LogP contribution is -2.32. The molecule has 1 aliphatic carbocycles. The zero-order valence-corrected chi connectivity index (χ0v) is 22.0. The average molecular weight is 473 g/mol. The molecule has 2 heteroatoms. The molecule has 2 nitrogen and oxygen atoms in total. The highest BCUT2D eigenvalue weighted by Gasteiger charge is 2.36. The normalized spacial score (nSPS) is 15.6. The third kappa shape index (κ3) is 3.00. The summed E-state index contributed by atoms with van der Waals surface area (Å²) in [6.07, 6.45) is 7.57. The summed E-state index contributed by atoms with van der Waals surface area (Å²) in [7, 11) is 2.17. The second-order valence-corrected chi connectivity index (χ2v) is 12.0. The molecule has 4 aromatic carbocycles. The van der Waals surface area contributed by atoms with E-state index >= 15 is 0 Å². The van der Waals surface area contributed by atoms with E-state index in [4.69, 9.17) is 4.74 Å². The van der Waals surface area contributed by atoms with Crippen LogP contribution in [0.5, 0.6) is 11.5 Å². The minimum Gasteiger partial charge on any atom is -0.455 e. The summed E-state index contributed by atoms with van der Waals surface area (Å²) in [6.45, 7) is 9.17. The van der Waals surface area contributed by atoms with Gasteiger partial charge in [-0.15, -0.1) is 0 Å². The number of rotatable bonds is 1. The molecule has 0 radical (unpaired) electrons. The van der Waals surface area contributed by atoms with Crippen molar-refractivity contribution in [2.75, 3.05) is 0 Å². The van der Waals surface area contributed by atoms with Crippen molar-refractivity contribution in [2.24, 2.45) is 7.05 Å². The first-order valence-corrected chi connectivity index (χ1v) is 13.5. The Kier molecular flexibility index (Phi) is 4.59. The molecule has 5 aromatic rings. The number of nitrogens with zero attached hydrogens (tertiary/aromatic N) is 1. The van der Waals surface area contributed by atoms with Gasteiger partial charge in [-0.05, 0) is 69.8 Å². The summed E-state index contributed by atoms with van der Waals surface area (Å²) in [5.41, 5.74) is 6.51. The van der Waals surface area contributed by atoms with E-state index in [0.29, 0.717) is 5.92 Å². The van der Waals surface area contributed by atoms with Crippen LogP contribution in [0.4, 0.5) is 0 Å². The molecule has 7 rings (SSSR count). The van der Waals surface area contributed by atoms with E-state index in [9.17, 15) is 0 Å². The van der Waals surface area contributed by atoms with Crippen molar-refractivity contribution in [2.45, 2.75) is 64.7 Å². The minimum atomic E-state index is -0.0617. The van der Waals surface area contributed by atoms with E-state index in [-0.39, 0.29) is 5.41 Å². The van der Waals surface area contributed by atoms with Crippen LogP contribution in [0.1, 0.15) is 69.1 Å². The maximum atomic E-state index is 7.01. The van der Waals surface area contributed by atoms with Gasteiger partial charge in [0.1, 0.15) is 18.5 Å². The van der Waals surface area contributed by atoms with Gasteiger partial charge in [-0.3, -0.25) is 0 Å². The molecule has 0 N–H and O–H groups in total. The van der Waals surface area contributed by atoms with Crippen LogP contribution in [-0.4, -0.2) is 0 Å². The minimum absolute atomic E-state index is 0.0617. The van der Waals surface area contributed by atoms with Crippen molar-refractivity contribution in [1.29, 1.82) is 0 Å². The molecule has 0 amide bonds. The zero-order chi connectivity index (χ0) is 24.8. The number of aryl methyl sites for hydroxylation is 2. The molecule has 36 heavy (non-hydrogen) atoms. The molecule has 0 bridgehead atoms. The summed E-state index contributed by atoms with van der Waals surface area (Å²) < 4.78 is 9.30. The van der Waals surface area contributed by atoms with Crippen LogP contribution in [0.2, 0.25) is 0 Å². The molecule has 1 aliphatic heterocycles. The fraction of sp³-hybridized carbons (Fsp3) is 0.324. The molecular weight excluding hydrogens is 438 g/mol. The number of benzene rings is 4. The van der Waals surface area contributed by atoms with Crippen LogP contribution < -0.4 is 9.30 Å². The lowest BCUT2D eigenvalue weighted by Gasteiger charge is -2.30. The summed E-state index contributed by atoms with van der Waals surface area (Å²) in [6, 6.07) is 20.6. The Balaban J connectivity index is 1.60. The van der Waals surface area contributed by atoms with Crippen LogP contribution in [0.3, 0.4) is 0 Å². The molecule has 0 saturated heterocycles. The van der Waals surface area contributed by atoms with Crippen LogP contribution in [0.15, 0.2) is 60.8 Å². The van der Waals surface area contributed by atoms with Gasteiger partial charge in [0.25, 0.3) is 0 Å². The van der Waals surface area contributed by atoms with E-state index in [0.717, 1.165) is 11.5 Å². The van der Waals surface area contributed by atoms with Gasteiger partial charge in [0.15, 0.2) is 6.20 Å². The predicted molar refractivity (Wildman–Crippen MR) is 150 cm³/mol. The van der Waals surface area contributed by atoms with Crippen LogP contribution in [0, 0.1) is 6.92 Å². The molecule has 0 spiro atoms. The molecule has 1 saturated carbocycles. The number of aromatic nitrogens is 1. The molecule has 2 aliphatic rings. The Morgan fingerprint density at radius 2 is 1.61 bits per heavy atom. The van der Waals surface area contributed by atoms with E-state index in [1.54, 1.807) is 0 Å². The van der Waals surface area contributed by atoms with Gasteiger partial charge in [-0.25, -0.2) is 4.57 Å². The van der Waals surface area contributed by atoms with Crippen LogP contribution in [0.25, 0.3) is 43.6 Å². The number of ether oxygens (including phenoxy) is 1. The van der Waals surface area contributed by atoms with E-state index in [1.807, 2.05) is 0 Å². The quantitative estimate of drug-likeness (QED) is 0.172. The number of fused-ring (bicyclic) bond motifs is 5. The molecule has 0 unspecified atom stereocenters. The monoisotopic (exact) mass is 472 g/mol. The maximum absolute atomic E-state index is 7.01. The fourth-order valence-corrected chi connectivity index (χ4v) is 7.00. The van der Waals surface area contributed by atoms with Gasteiger partial charge in [-0.1, -0.05) is 76.1 Å². The van der Waals surface area contributed by atoms with Crippen LogP contribution in [-0.2, 0) is 12.5 Å². The highest BCUT2D eigenvalue weighted by molar-refractivity contribution is 6.16. The third-order valence-corrected chi connectivity index (χ3v) is 8.68. The Bertz CT molecular complexity index is 1710. The van der Waals surface area contributed by atoms with Crippen molar-refractivity contribution in [3.05, 3.63) is 77.5 Å². The van der Waals surface area contributed by atoms with Gasteiger partial charge in [-0.2, -0.15) is 0 Å². The van der Waals surface area contributed by atoms with E-state index < -0.39 is 0 Å². The largest absolute Gasteiger partial charge is 0.455 e. The molecule has 2 heterocycles. The zero-order valence-electron chi connectivity index (χ0n) is 22.0. The first-order chi connectivity index (χ1) is 17.3. The Morgan fingerprint density at radius 1 is 0.861 bits per heavy atom. The van der Waals surface area contributed by atoms with Crippen LogP contribution >= 0.6 is 0 Å². The van der Waals surface area contributed by atoms with Crippen molar-refractivity contribution >= 4 is 32.3 Å². The standard InChI is InChI=1S/C34H34NO/c1-20-24-12-8-9-13-27(24)31(34(2,3)4)33-29(20)32-30-26(16-17-35(32)5)25-15-14-22(21-10-6-7-11-21)18-23(25)19-28(30)36-33/h8-9,12-19,21H,6-7,10-11H2,1-5H3/q+1. The average Bonchev–Trinajstić information content (AvgIpc) is 3.39. The number of pyridine rings is 1. The molecule has 180 valence electrons. The van der Waals surface area contributed by atoms with Crippen molar-refractivity contribution < 1.29 is 9.30 Å². The summed E-state index contributed by atoms with van der Waals surface area (Å²) >= 11 is 0. The Hall–Kier alpha value is -3.39. The fourth-order valence-electron chi connectivity index (χ4n) is 7.00. The third-order valence-electron chi connectivity index (χ3n) is 8.68. The number of hydrogen-bond donors (Lipinski definition) is 0. The molecule has 1 fully saturated rings. The highest BCUT2D eigenvalue weighted by Crippen LogP contribution is 2.54. The Labute approximate surface area is 213 Å². The smallest absolute Gasteiger partial charge is 0.228 e. The van der Waals surface area contributed by atoms with Gasteiger partial charge >= 0.3 is 0 Å². The first kappa shape index (κ1) is 21.9. The maximum Gasteiger partial charge on any atom is 0.228 e. The van der Waals surface area contributed by atoms with Gasteiger partial charge < -0.3 is 4.74 Å². The summed E-state index contributed by atoms with van der Waals surface area (Å²) in [5, 5.41) is 7.73. The van der Waals surface area contributed by atoms with Crippen molar-refractivity contribution in [3.63, 3.8) is 0 Å². The molecular formula is C34H34NO+. The van der Waals surface area contributed by atoms with Crippen molar-refractivity contribution in [1.82, 2.24) is 0 Å². The summed E-state index contributed by atoms with van der Waals surface area (Å²) in [5.74, 6) is 2.72. The summed E-state index contributed by atoms with van der Waals surface area (Å²) in [4.78, 5) is 0. The van der Waals surface area contributed by atoms with Gasteiger partial charge in [0.05, 0.1) is 10.9 Å². The van der Waals surface area contributed by atoms with Crippen molar-refractivity contribution in [3.8, 4) is 22.8 Å². The molecule has 1 aromatic heterocycles. The topological polar surface area (TPSA) is 13.1 Å². The molecule has 0 atom stereocenters. The first-order valence-electron chi connectivity index (χ1n) is 13.5. The SMILES string of the molecule is Cc1c2c(c(C(C)(C)C)c3ccccc13)Oc1cc3cc(C4CCCC4)ccc3c3cc[n+](C)c-2c13. The van der Waals surface area contributed by atoms with E-state index in [1.165, 1.54) is 85.9 Å². The number of hydrogen-bond acceptors (Lipinski definition) is 1. The predicted octanol–water partition coefficient (Wildman–Crippen LogP) is 9.01. The highest BCUT2D eigenvalue weighted by atomic mass is 16.5. The lowest BCUT2D eigenvalue weighted by molar-refractivity contribution is -0.659.